The first kappa shape index (κ1) is 21.9. The van der Waals surface area contributed by atoms with Gasteiger partial charge in [0.25, 0.3) is 0 Å². The summed E-state index contributed by atoms with van der Waals surface area (Å²) in [5.74, 6) is 0.469. The fourth-order valence-corrected chi connectivity index (χ4v) is 3.55. The number of nitrogens with one attached hydrogen (secondary N) is 1. The maximum absolute atomic E-state index is 12.9. The van der Waals surface area contributed by atoms with E-state index < -0.39 is 17.5 Å². The topological polar surface area (TPSA) is 87.1 Å². The Balaban J connectivity index is 1.53. The molecule has 2 N–H and O–H groups in total. The third kappa shape index (κ3) is 5.13. The van der Waals surface area contributed by atoms with Crippen molar-refractivity contribution < 1.29 is 18.3 Å². The summed E-state index contributed by atoms with van der Waals surface area (Å²) in [7, 11) is 0. The maximum atomic E-state index is 12.9. The van der Waals surface area contributed by atoms with E-state index in [0.29, 0.717) is 37.6 Å². The van der Waals surface area contributed by atoms with Gasteiger partial charge in [0.05, 0.1) is 5.60 Å². The van der Waals surface area contributed by atoms with Gasteiger partial charge in [0.15, 0.2) is 0 Å². The molecule has 168 valence electrons. The van der Waals surface area contributed by atoms with E-state index in [9.17, 15) is 18.3 Å². The van der Waals surface area contributed by atoms with E-state index in [1.165, 1.54) is 0 Å². The van der Waals surface area contributed by atoms with Gasteiger partial charge in [-0.3, -0.25) is 0 Å². The first-order chi connectivity index (χ1) is 15.1. The van der Waals surface area contributed by atoms with Crippen LogP contribution in [0.15, 0.2) is 42.9 Å². The van der Waals surface area contributed by atoms with Gasteiger partial charge in [-0.05, 0) is 56.0 Å². The molecule has 7 nitrogen and oxygen atoms in total. The number of halogens is 3. The van der Waals surface area contributed by atoms with Crippen LogP contribution in [-0.2, 0) is 6.18 Å². The largest absolute Gasteiger partial charge is 0.433 e. The molecule has 0 unspecified atom stereocenters. The molecule has 3 aromatic rings. The zero-order valence-corrected chi connectivity index (χ0v) is 17.7. The lowest BCUT2D eigenvalue weighted by molar-refractivity contribution is -0.141. The number of hydrogen-bond acceptors (Lipinski definition) is 7. The Kier molecular flexibility index (Phi) is 5.72. The fourth-order valence-electron chi connectivity index (χ4n) is 3.55. The van der Waals surface area contributed by atoms with Crippen molar-refractivity contribution in [1.82, 2.24) is 19.9 Å². The highest BCUT2D eigenvalue weighted by Gasteiger charge is 2.33. The molecule has 0 bridgehead atoms. The molecule has 1 fully saturated rings. The quantitative estimate of drug-likeness (QED) is 0.618. The molecule has 1 aliphatic rings. The highest BCUT2D eigenvalue weighted by atomic mass is 19.4. The Morgan fingerprint density at radius 2 is 1.72 bits per heavy atom. The molecular formula is C22H23F3N6O. The zero-order chi connectivity index (χ0) is 22.9. The van der Waals surface area contributed by atoms with Gasteiger partial charge >= 0.3 is 6.18 Å². The number of piperidine rings is 1. The van der Waals surface area contributed by atoms with E-state index in [0.717, 1.165) is 29.0 Å². The second-order valence-electron chi connectivity index (χ2n) is 8.23. The van der Waals surface area contributed by atoms with Gasteiger partial charge in [-0.2, -0.15) is 13.2 Å². The number of aromatic nitrogens is 4. The van der Waals surface area contributed by atoms with Gasteiger partial charge < -0.3 is 15.3 Å². The number of aryl methyl sites for hydroxylation is 1. The summed E-state index contributed by atoms with van der Waals surface area (Å²) in [6.45, 7) is 5.09. The first-order valence-electron chi connectivity index (χ1n) is 10.2. The second kappa shape index (κ2) is 8.34. The lowest BCUT2D eigenvalue weighted by Crippen LogP contribution is -2.43. The molecule has 0 spiro atoms. The average Bonchev–Trinajstić information content (AvgIpc) is 2.73. The Morgan fingerprint density at radius 3 is 2.38 bits per heavy atom. The van der Waals surface area contributed by atoms with E-state index in [1.807, 2.05) is 24.8 Å². The number of rotatable bonds is 4. The molecule has 1 saturated heterocycles. The second-order valence-corrected chi connectivity index (χ2v) is 8.23. The first-order valence-corrected chi connectivity index (χ1v) is 10.2. The molecule has 1 aliphatic heterocycles. The Morgan fingerprint density at radius 1 is 1.03 bits per heavy atom. The lowest BCUT2D eigenvalue weighted by atomic mass is 9.94. The number of hydrogen-bond donors (Lipinski definition) is 2. The summed E-state index contributed by atoms with van der Waals surface area (Å²) in [4.78, 5) is 18.4. The molecule has 0 radical (unpaired) electrons. The molecule has 0 aliphatic carbocycles. The van der Waals surface area contributed by atoms with Crippen molar-refractivity contribution in [2.24, 2.45) is 0 Å². The predicted molar refractivity (Wildman–Crippen MR) is 115 cm³/mol. The molecule has 3 heterocycles. The molecule has 4 rings (SSSR count). The molecule has 0 amide bonds. The predicted octanol–water partition coefficient (Wildman–Crippen LogP) is 4.36. The Bertz CT molecular complexity index is 1090. The van der Waals surface area contributed by atoms with Crippen LogP contribution in [0.5, 0.6) is 0 Å². The third-order valence-electron chi connectivity index (χ3n) is 5.37. The van der Waals surface area contributed by atoms with Crippen LogP contribution in [0.3, 0.4) is 0 Å². The van der Waals surface area contributed by atoms with Crippen LogP contribution in [-0.4, -0.2) is 43.7 Å². The summed E-state index contributed by atoms with van der Waals surface area (Å²) in [5.41, 5.74) is 1.39. The number of alkyl halides is 3. The van der Waals surface area contributed by atoms with Crippen LogP contribution in [0, 0.1) is 6.92 Å². The smallest absolute Gasteiger partial charge is 0.390 e. The zero-order valence-electron chi connectivity index (χ0n) is 17.7. The molecule has 1 aromatic carbocycles. The third-order valence-corrected chi connectivity index (χ3v) is 5.37. The lowest BCUT2D eigenvalue weighted by Gasteiger charge is -2.35. The SMILES string of the molecule is Cc1cc(Nc2nccc(C(F)(F)F)n2)cc(-c2cnc(N3CCC(C)(O)CC3)nc2)c1. The van der Waals surface area contributed by atoms with Gasteiger partial charge in [-0.25, -0.2) is 19.9 Å². The highest BCUT2D eigenvalue weighted by Crippen LogP contribution is 2.30. The van der Waals surface area contributed by atoms with Crippen molar-refractivity contribution >= 4 is 17.6 Å². The summed E-state index contributed by atoms with van der Waals surface area (Å²) in [6, 6.07) is 6.35. The summed E-state index contributed by atoms with van der Waals surface area (Å²) in [5, 5.41) is 12.9. The minimum atomic E-state index is -4.54. The standard InChI is InChI=1S/C22H23F3N6O/c1-14-9-15(11-17(10-14)29-19-26-6-3-18(30-19)22(23,24)25)16-12-27-20(28-13-16)31-7-4-21(2,32)5-8-31/h3,6,9-13,32H,4-5,7-8H2,1-2H3,(H,26,29,30). The van der Waals surface area contributed by atoms with E-state index in [-0.39, 0.29) is 5.95 Å². The monoisotopic (exact) mass is 444 g/mol. The normalized spacial score (nSPS) is 16.1. The fraction of sp³-hybridized carbons (Fsp3) is 0.364. The van der Waals surface area contributed by atoms with E-state index in [2.05, 4.69) is 25.3 Å². The summed E-state index contributed by atoms with van der Waals surface area (Å²) in [6.07, 6.45) is 1.27. The van der Waals surface area contributed by atoms with Crippen LogP contribution >= 0.6 is 0 Å². The molecule has 0 atom stereocenters. The van der Waals surface area contributed by atoms with Crippen LogP contribution in [0.25, 0.3) is 11.1 Å². The number of nitrogens with zero attached hydrogens (tertiary/aromatic N) is 5. The van der Waals surface area contributed by atoms with E-state index in [1.54, 1.807) is 24.5 Å². The van der Waals surface area contributed by atoms with Crippen molar-refractivity contribution in [2.75, 3.05) is 23.3 Å². The molecule has 32 heavy (non-hydrogen) atoms. The van der Waals surface area contributed by atoms with Gasteiger partial charge in [0.1, 0.15) is 5.69 Å². The van der Waals surface area contributed by atoms with Crippen LogP contribution in [0.4, 0.5) is 30.8 Å². The molecule has 10 heteroatoms. The number of aliphatic hydroxyl groups is 1. The highest BCUT2D eigenvalue weighted by molar-refractivity contribution is 5.70. The van der Waals surface area contributed by atoms with Crippen LogP contribution in [0.1, 0.15) is 31.0 Å². The Hall–Kier alpha value is -3.27. The maximum Gasteiger partial charge on any atom is 0.433 e. The van der Waals surface area contributed by atoms with Crippen molar-refractivity contribution in [3.63, 3.8) is 0 Å². The van der Waals surface area contributed by atoms with Crippen LogP contribution < -0.4 is 10.2 Å². The van der Waals surface area contributed by atoms with Gasteiger partial charge in [0.2, 0.25) is 11.9 Å². The van der Waals surface area contributed by atoms with Gasteiger partial charge in [-0.1, -0.05) is 6.07 Å². The number of benzene rings is 1. The number of anilines is 3. The minimum Gasteiger partial charge on any atom is -0.390 e. The molecular weight excluding hydrogens is 421 g/mol. The van der Waals surface area contributed by atoms with Crippen molar-refractivity contribution in [1.29, 1.82) is 0 Å². The van der Waals surface area contributed by atoms with Crippen molar-refractivity contribution in [3.05, 3.63) is 54.1 Å². The van der Waals surface area contributed by atoms with Crippen molar-refractivity contribution in [3.8, 4) is 11.1 Å². The Labute approximate surface area is 183 Å². The molecule has 0 saturated carbocycles. The van der Waals surface area contributed by atoms with Crippen LogP contribution in [0.2, 0.25) is 0 Å². The average molecular weight is 444 g/mol. The van der Waals surface area contributed by atoms with E-state index >= 15 is 0 Å². The minimum absolute atomic E-state index is 0.135. The molecule has 2 aromatic heterocycles. The van der Waals surface area contributed by atoms with E-state index in [4.69, 9.17) is 0 Å². The van der Waals surface area contributed by atoms with Gasteiger partial charge in [-0.15, -0.1) is 0 Å². The summed E-state index contributed by atoms with van der Waals surface area (Å²) < 4.78 is 38.7. The summed E-state index contributed by atoms with van der Waals surface area (Å²) >= 11 is 0. The van der Waals surface area contributed by atoms with Crippen molar-refractivity contribution in [2.45, 2.75) is 38.5 Å². The van der Waals surface area contributed by atoms with Gasteiger partial charge in [0, 0.05) is 42.9 Å².